The first kappa shape index (κ1) is 11.9. The SMILES string of the molecule is C#CC(CCCC)c1ccc(CC)cc1. The first-order valence-electron chi connectivity index (χ1n) is 5.86. The molecule has 1 aromatic rings. The highest BCUT2D eigenvalue weighted by Crippen LogP contribution is 2.21. The van der Waals surface area contributed by atoms with Crippen molar-refractivity contribution in [2.24, 2.45) is 0 Å². The Labute approximate surface area is 93.7 Å². The minimum atomic E-state index is 0.302. The average Bonchev–Trinajstić information content (AvgIpc) is 2.31. The Kier molecular flexibility index (Phi) is 4.98. The van der Waals surface area contributed by atoms with Crippen LogP contribution in [0.1, 0.15) is 50.2 Å². The Morgan fingerprint density at radius 2 is 1.87 bits per heavy atom. The van der Waals surface area contributed by atoms with Crippen LogP contribution in [-0.2, 0) is 6.42 Å². The molecule has 0 amide bonds. The van der Waals surface area contributed by atoms with Crippen LogP contribution in [0.2, 0.25) is 0 Å². The second kappa shape index (κ2) is 6.30. The second-order valence-corrected chi connectivity index (χ2v) is 3.96. The van der Waals surface area contributed by atoms with Gasteiger partial charge in [0.05, 0.1) is 0 Å². The molecule has 0 nitrogen and oxygen atoms in total. The van der Waals surface area contributed by atoms with Crippen molar-refractivity contribution >= 4 is 0 Å². The Balaban J connectivity index is 2.70. The third-order valence-corrected chi connectivity index (χ3v) is 2.84. The highest BCUT2D eigenvalue weighted by molar-refractivity contribution is 5.29. The van der Waals surface area contributed by atoms with E-state index >= 15 is 0 Å². The first-order chi connectivity index (χ1) is 7.31. The largest absolute Gasteiger partial charge is 0.119 e. The minimum absolute atomic E-state index is 0.302. The molecule has 0 aromatic heterocycles. The monoisotopic (exact) mass is 200 g/mol. The van der Waals surface area contributed by atoms with Gasteiger partial charge in [0, 0.05) is 5.92 Å². The molecule has 0 aliphatic carbocycles. The summed E-state index contributed by atoms with van der Waals surface area (Å²) in [6.07, 6.45) is 10.2. The molecule has 0 fully saturated rings. The maximum absolute atomic E-state index is 5.57. The summed E-state index contributed by atoms with van der Waals surface area (Å²) in [5, 5.41) is 0. The van der Waals surface area contributed by atoms with Crippen LogP contribution in [0.15, 0.2) is 24.3 Å². The van der Waals surface area contributed by atoms with E-state index in [0.717, 1.165) is 12.8 Å². The number of unbranched alkanes of at least 4 members (excludes halogenated alkanes) is 1. The van der Waals surface area contributed by atoms with E-state index in [1.807, 2.05) is 0 Å². The van der Waals surface area contributed by atoms with E-state index in [4.69, 9.17) is 6.42 Å². The topological polar surface area (TPSA) is 0 Å². The van der Waals surface area contributed by atoms with Gasteiger partial charge in [0.1, 0.15) is 0 Å². The van der Waals surface area contributed by atoms with Crippen molar-refractivity contribution in [1.82, 2.24) is 0 Å². The van der Waals surface area contributed by atoms with Crippen LogP contribution in [0.25, 0.3) is 0 Å². The molecular formula is C15H20. The highest BCUT2D eigenvalue weighted by atomic mass is 14.1. The van der Waals surface area contributed by atoms with E-state index in [9.17, 15) is 0 Å². The number of terminal acetylenes is 1. The van der Waals surface area contributed by atoms with Crippen molar-refractivity contribution in [3.63, 3.8) is 0 Å². The van der Waals surface area contributed by atoms with E-state index < -0.39 is 0 Å². The van der Waals surface area contributed by atoms with Crippen molar-refractivity contribution in [3.8, 4) is 12.3 Å². The van der Waals surface area contributed by atoms with Gasteiger partial charge in [-0.25, -0.2) is 0 Å². The summed E-state index contributed by atoms with van der Waals surface area (Å²) in [5.74, 6) is 3.19. The van der Waals surface area contributed by atoms with E-state index in [2.05, 4.69) is 44.0 Å². The van der Waals surface area contributed by atoms with Gasteiger partial charge >= 0.3 is 0 Å². The Morgan fingerprint density at radius 3 is 2.33 bits per heavy atom. The fourth-order valence-corrected chi connectivity index (χ4v) is 1.74. The summed E-state index contributed by atoms with van der Waals surface area (Å²) in [7, 11) is 0. The number of aryl methyl sites for hydroxylation is 1. The van der Waals surface area contributed by atoms with E-state index in [0.29, 0.717) is 5.92 Å². The Morgan fingerprint density at radius 1 is 1.20 bits per heavy atom. The molecule has 0 heterocycles. The molecule has 0 saturated heterocycles. The lowest BCUT2D eigenvalue weighted by molar-refractivity contribution is 0.676. The van der Waals surface area contributed by atoms with Crippen molar-refractivity contribution in [1.29, 1.82) is 0 Å². The number of rotatable bonds is 5. The molecule has 1 atom stereocenters. The quantitative estimate of drug-likeness (QED) is 0.626. The molecule has 0 bridgehead atoms. The normalized spacial score (nSPS) is 12.1. The fourth-order valence-electron chi connectivity index (χ4n) is 1.74. The number of hydrogen-bond acceptors (Lipinski definition) is 0. The lowest BCUT2D eigenvalue weighted by Gasteiger charge is -2.10. The van der Waals surface area contributed by atoms with Gasteiger partial charge in [0.25, 0.3) is 0 Å². The van der Waals surface area contributed by atoms with Gasteiger partial charge in [-0.2, -0.15) is 0 Å². The molecule has 1 aromatic carbocycles. The van der Waals surface area contributed by atoms with Crippen molar-refractivity contribution in [2.75, 3.05) is 0 Å². The minimum Gasteiger partial charge on any atom is -0.119 e. The maximum Gasteiger partial charge on any atom is 0.0449 e. The first-order valence-corrected chi connectivity index (χ1v) is 5.86. The maximum atomic E-state index is 5.57. The van der Waals surface area contributed by atoms with Gasteiger partial charge in [0.2, 0.25) is 0 Å². The molecule has 0 N–H and O–H groups in total. The lowest BCUT2D eigenvalue weighted by atomic mass is 9.93. The standard InChI is InChI=1S/C15H20/c1-4-7-8-14(6-3)15-11-9-13(5-2)10-12-15/h3,9-12,14H,4-5,7-8H2,1-2H3. The van der Waals surface area contributed by atoms with Crippen LogP contribution in [0.4, 0.5) is 0 Å². The molecule has 1 rings (SSSR count). The molecular weight excluding hydrogens is 180 g/mol. The second-order valence-electron chi connectivity index (χ2n) is 3.96. The van der Waals surface area contributed by atoms with Gasteiger partial charge < -0.3 is 0 Å². The summed E-state index contributed by atoms with van der Waals surface area (Å²) in [6, 6.07) is 8.73. The summed E-state index contributed by atoms with van der Waals surface area (Å²) < 4.78 is 0. The third-order valence-electron chi connectivity index (χ3n) is 2.84. The van der Waals surface area contributed by atoms with Crippen molar-refractivity contribution in [3.05, 3.63) is 35.4 Å². The molecule has 0 aliphatic heterocycles. The van der Waals surface area contributed by atoms with Gasteiger partial charge in [-0.1, -0.05) is 56.9 Å². The summed E-state index contributed by atoms with van der Waals surface area (Å²) in [5.41, 5.74) is 2.67. The average molecular weight is 200 g/mol. The molecule has 0 aliphatic rings. The van der Waals surface area contributed by atoms with Crippen molar-refractivity contribution in [2.45, 2.75) is 45.4 Å². The van der Waals surface area contributed by atoms with E-state index in [1.165, 1.54) is 24.0 Å². The van der Waals surface area contributed by atoms with Crippen LogP contribution in [0, 0.1) is 12.3 Å². The zero-order valence-corrected chi connectivity index (χ0v) is 9.79. The molecule has 0 spiro atoms. The predicted molar refractivity (Wildman–Crippen MR) is 66.9 cm³/mol. The van der Waals surface area contributed by atoms with Crippen molar-refractivity contribution < 1.29 is 0 Å². The Bertz CT molecular complexity index is 313. The zero-order valence-electron chi connectivity index (χ0n) is 9.79. The van der Waals surface area contributed by atoms with Gasteiger partial charge in [-0.3, -0.25) is 0 Å². The number of benzene rings is 1. The highest BCUT2D eigenvalue weighted by Gasteiger charge is 2.06. The van der Waals surface area contributed by atoms with Crippen LogP contribution in [0.5, 0.6) is 0 Å². The van der Waals surface area contributed by atoms with E-state index in [1.54, 1.807) is 0 Å². The van der Waals surface area contributed by atoms with Crippen LogP contribution < -0.4 is 0 Å². The van der Waals surface area contributed by atoms with Gasteiger partial charge in [0.15, 0.2) is 0 Å². The molecule has 0 radical (unpaired) electrons. The summed E-state index contributed by atoms with van der Waals surface area (Å²) >= 11 is 0. The van der Waals surface area contributed by atoms with Crippen LogP contribution in [0.3, 0.4) is 0 Å². The predicted octanol–water partition coefficient (Wildman–Crippen LogP) is 4.16. The number of hydrogen-bond donors (Lipinski definition) is 0. The lowest BCUT2D eigenvalue weighted by Crippen LogP contribution is -1.96. The zero-order chi connectivity index (χ0) is 11.1. The fraction of sp³-hybridized carbons (Fsp3) is 0.467. The summed E-state index contributed by atoms with van der Waals surface area (Å²) in [4.78, 5) is 0. The molecule has 80 valence electrons. The Hall–Kier alpha value is -1.22. The van der Waals surface area contributed by atoms with Gasteiger partial charge in [-0.15, -0.1) is 6.42 Å². The summed E-state index contributed by atoms with van der Waals surface area (Å²) in [6.45, 7) is 4.37. The van der Waals surface area contributed by atoms with Crippen LogP contribution >= 0.6 is 0 Å². The van der Waals surface area contributed by atoms with Gasteiger partial charge in [-0.05, 0) is 24.0 Å². The van der Waals surface area contributed by atoms with E-state index in [-0.39, 0.29) is 0 Å². The molecule has 0 saturated carbocycles. The molecule has 1 unspecified atom stereocenters. The smallest absolute Gasteiger partial charge is 0.0449 e. The third kappa shape index (κ3) is 3.44. The molecule has 15 heavy (non-hydrogen) atoms. The molecule has 0 heteroatoms. The van der Waals surface area contributed by atoms with Crippen LogP contribution in [-0.4, -0.2) is 0 Å².